The molecule has 0 aliphatic rings. The SMILES string of the molecule is O=C(Nc1ccc2ccc(S(=O)(=O)O)cc2c1)Nc1ccc2ccc(S(=O)(=O)Nc3ccc([N+](=O)[O-])c(C(=O)O)c3)cc2c1. The summed E-state index contributed by atoms with van der Waals surface area (Å²) in [5.74, 6) is -1.60. The summed E-state index contributed by atoms with van der Waals surface area (Å²) in [5, 5.41) is 27.8. The van der Waals surface area contributed by atoms with Crippen molar-refractivity contribution in [2.24, 2.45) is 0 Å². The Hall–Kier alpha value is -5.58. The van der Waals surface area contributed by atoms with Gasteiger partial charge in [-0.25, -0.2) is 18.0 Å². The largest absolute Gasteiger partial charge is 0.477 e. The molecule has 44 heavy (non-hydrogen) atoms. The second-order valence-corrected chi connectivity index (χ2v) is 12.5. The van der Waals surface area contributed by atoms with Crippen molar-refractivity contribution in [1.29, 1.82) is 0 Å². The highest BCUT2D eigenvalue weighted by molar-refractivity contribution is 7.92. The van der Waals surface area contributed by atoms with Gasteiger partial charge in [0, 0.05) is 17.4 Å². The molecule has 0 aromatic heterocycles. The number of hydrogen-bond acceptors (Lipinski definition) is 8. The first-order chi connectivity index (χ1) is 20.7. The number of nitrogens with one attached hydrogen (secondary N) is 3. The minimum absolute atomic E-state index is 0.192. The van der Waals surface area contributed by atoms with Crippen molar-refractivity contribution in [1.82, 2.24) is 0 Å². The number of sulfonamides is 1. The van der Waals surface area contributed by atoms with Gasteiger partial charge in [0.2, 0.25) is 0 Å². The van der Waals surface area contributed by atoms with Gasteiger partial charge >= 0.3 is 12.0 Å². The third-order valence-electron chi connectivity index (χ3n) is 6.42. The van der Waals surface area contributed by atoms with E-state index in [1.165, 1.54) is 48.5 Å². The second-order valence-electron chi connectivity index (χ2n) is 9.40. The van der Waals surface area contributed by atoms with Crippen LogP contribution in [-0.4, -0.2) is 43.4 Å². The highest BCUT2D eigenvalue weighted by atomic mass is 32.2. The zero-order valence-electron chi connectivity index (χ0n) is 22.1. The highest BCUT2D eigenvalue weighted by Crippen LogP contribution is 2.28. The Morgan fingerprint density at radius 3 is 1.68 bits per heavy atom. The maximum atomic E-state index is 13.1. The molecule has 0 atom stereocenters. The number of benzene rings is 5. The Kier molecular flexibility index (Phi) is 7.64. The Morgan fingerprint density at radius 1 is 0.659 bits per heavy atom. The van der Waals surface area contributed by atoms with Crippen molar-refractivity contribution in [3.05, 3.63) is 107 Å². The molecule has 0 heterocycles. The summed E-state index contributed by atoms with van der Waals surface area (Å²) in [5.41, 5.74) is -0.923. The van der Waals surface area contributed by atoms with E-state index in [4.69, 9.17) is 0 Å². The second kappa shape index (κ2) is 11.3. The zero-order valence-corrected chi connectivity index (χ0v) is 23.7. The minimum Gasteiger partial charge on any atom is -0.477 e. The molecule has 5 N–H and O–H groups in total. The van der Waals surface area contributed by atoms with Gasteiger partial charge in [0.25, 0.3) is 25.8 Å². The van der Waals surface area contributed by atoms with E-state index >= 15 is 0 Å². The monoisotopic (exact) mass is 636 g/mol. The number of fused-ring (bicyclic) bond motifs is 2. The van der Waals surface area contributed by atoms with E-state index in [2.05, 4.69) is 15.4 Å². The van der Waals surface area contributed by atoms with Crippen molar-refractivity contribution in [2.75, 3.05) is 15.4 Å². The van der Waals surface area contributed by atoms with E-state index in [1.54, 1.807) is 24.3 Å². The lowest BCUT2D eigenvalue weighted by molar-refractivity contribution is -0.385. The lowest BCUT2D eigenvalue weighted by atomic mass is 10.1. The Morgan fingerprint density at radius 2 is 1.16 bits per heavy atom. The number of carbonyl (C=O) groups is 2. The van der Waals surface area contributed by atoms with Gasteiger partial charge in [-0.05, 0) is 82.2 Å². The molecule has 0 radical (unpaired) electrons. The summed E-state index contributed by atoms with van der Waals surface area (Å²) in [6, 6.07) is 20.0. The average molecular weight is 637 g/mol. The number of anilines is 3. The normalized spacial score (nSPS) is 11.7. The van der Waals surface area contributed by atoms with Crippen LogP contribution in [0.5, 0.6) is 0 Å². The quantitative estimate of drug-likeness (QED) is 0.0840. The minimum atomic E-state index is -4.41. The van der Waals surface area contributed by atoms with Crippen LogP contribution in [0.2, 0.25) is 0 Å². The zero-order chi connectivity index (χ0) is 31.8. The molecule has 16 heteroatoms. The van der Waals surface area contributed by atoms with Crippen LogP contribution in [0.15, 0.2) is 101 Å². The molecule has 2 amide bonds. The fourth-order valence-electron chi connectivity index (χ4n) is 4.37. The van der Waals surface area contributed by atoms with E-state index in [-0.39, 0.29) is 15.5 Å². The number of carboxylic acid groups (broad SMARTS) is 1. The van der Waals surface area contributed by atoms with Gasteiger partial charge in [0.15, 0.2) is 0 Å². The number of rotatable bonds is 8. The molecule has 0 saturated heterocycles. The van der Waals surface area contributed by atoms with Crippen LogP contribution in [0.1, 0.15) is 10.4 Å². The van der Waals surface area contributed by atoms with Crippen molar-refractivity contribution in [3.63, 3.8) is 0 Å². The average Bonchev–Trinajstić information content (AvgIpc) is 2.95. The predicted molar refractivity (Wildman–Crippen MR) is 161 cm³/mol. The smallest absolute Gasteiger partial charge is 0.342 e. The van der Waals surface area contributed by atoms with Gasteiger partial charge in [0.05, 0.1) is 20.4 Å². The maximum Gasteiger partial charge on any atom is 0.342 e. The summed E-state index contributed by atoms with van der Waals surface area (Å²) < 4.78 is 60.6. The summed E-state index contributed by atoms with van der Waals surface area (Å²) >= 11 is 0. The Balaban J connectivity index is 1.35. The van der Waals surface area contributed by atoms with Crippen LogP contribution in [0.3, 0.4) is 0 Å². The van der Waals surface area contributed by atoms with Gasteiger partial charge in [-0.15, -0.1) is 0 Å². The Labute approximate surface area is 248 Å². The van der Waals surface area contributed by atoms with Crippen molar-refractivity contribution in [2.45, 2.75) is 9.79 Å². The molecular formula is C28H20N4O10S2. The summed E-state index contributed by atoms with van der Waals surface area (Å²) in [6.07, 6.45) is 0. The van der Waals surface area contributed by atoms with E-state index in [9.17, 15) is 46.2 Å². The third-order valence-corrected chi connectivity index (χ3v) is 8.65. The van der Waals surface area contributed by atoms with Crippen LogP contribution in [0, 0.1) is 10.1 Å². The van der Waals surface area contributed by atoms with Gasteiger partial charge < -0.3 is 15.7 Å². The number of nitro groups is 1. The molecule has 5 aromatic rings. The molecule has 224 valence electrons. The maximum absolute atomic E-state index is 13.1. The van der Waals surface area contributed by atoms with Gasteiger partial charge in [-0.2, -0.15) is 8.42 Å². The van der Waals surface area contributed by atoms with Crippen LogP contribution in [0.4, 0.5) is 27.5 Å². The number of aromatic carboxylic acids is 1. The van der Waals surface area contributed by atoms with E-state index in [0.29, 0.717) is 32.9 Å². The summed E-state index contributed by atoms with van der Waals surface area (Å²) in [6.45, 7) is 0. The predicted octanol–water partition coefficient (Wildman–Crippen LogP) is 5.29. The number of nitrogens with zero attached hydrogens (tertiary/aromatic N) is 1. The first-order valence-corrected chi connectivity index (χ1v) is 15.3. The molecule has 0 fully saturated rings. The molecule has 0 spiro atoms. The standard InChI is InChI=1S/C28H20N4O10S2/c33-27(34)25-15-22(7-10-26(25)32(36)37)31-43(38,39)23-8-3-16-1-5-20(11-18(16)13-23)29-28(35)30-21-6-2-17-4-9-24(44(40,41)42)14-19(17)12-21/h1-15,31H,(H,33,34)(H2,29,30,35)(H,40,41,42). The molecule has 0 aliphatic heterocycles. The summed E-state index contributed by atoms with van der Waals surface area (Å²) in [7, 11) is -8.66. The molecule has 5 aromatic carbocycles. The van der Waals surface area contributed by atoms with Crippen molar-refractivity contribution >= 4 is 76.4 Å². The number of carbonyl (C=O) groups excluding carboxylic acids is 1. The van der Waals surface area contributed by atoms with E-state index in [0.717, 1.165) is 18.2 Å². The summed E-state index contributed by atoms with van der Waals surface area (Å²) in [4.78, 5) is 33.8. The topological polar surface area (TPSA) is 222 Å². The number of nitro benzene ring substituents is 1. The fraction of sp³-hybridized carbons (Fsp3) is 0. The molecule has 14 nitrogen and oxygen atoms in total. The van der Waals surface area contributed by atoms with Gasteiger partial charge in [0.1, 0.15) is 5.56 Å². The first kappa shape index (κ1) is 29.9. The lowest BCUT2D eigenvalue weighted by Gasteiger charge is -2.12. The van der Waals surface area contributed by atoms with Crippen LogP contribution in [-0.2, 0) is 20.1 Å². The molecule has 0 unspecified atom stereocenters. The third kappa shape index (κ3) is 6.41. The number of hydrogen-bond donors (Lipinski definition) is 5. The Bertz CT molecular complexity index is 2240. The first-order valence-electron chi connectivity index (χ1n) is 12.4. The van der Waals surface area contributed by atoms with Crippen LogP contribution >= 0.6 is 0 Å². The van der Waals surface area contributed by atoms with E-state index < -0.39 is 48.3 Å². The molecule has 0 aliphatic carbocycles. The number of amides is 2. The number of urea groups is 1. The van der Waals surface area contributed by atoms with Crippen molar-refractivity contribution in [3.8, 4) is 0 Å². The van der Waals surface area contributed by atoms with Crippen molar-refractivity contribution < 1.29 is 41.0 Å². The van der Waals surface area contributed by atoms with Crippen LogP contribution in [0.25, 0.3) is 21.5 Å². The van der Waals surface area contributed by atoms with Gasteiger partial charge in [-0.1, -0.05) is 24.3 Å². The number of carboxylic acids is 1. The van der Waals surface area contributed by atoms with Crippen LogP contribution < -0.4 is 15.4 Å². The lowest BCUT2D eigenvalue weighted by Crippen LogP contribution is -2.19. The molecule has 5 rings (SSSR count). The fourth-order valence-corrected chi connectivity index (χ4v) is 5.97. The van der Waals surface area contributed by atoms with E-state index in [1.807, 2.05) is 0 Å². The highest BCUT2D eigenvalue weighted by Gasteiger charge is 2.22. The molecular weight excluding hydrogens is 616 g/mol. The van der Waals surface area contributed by atoms with Gasteiger partial charge in [-0.3, -0.25) is 19.4 Å². The molecule has 0 saturated carbocycles. The molecule has 0 bridgehead atoms.